The predicted molar refractivity (Wildman–Crippen MR) is 73.7 cm³/mol. The summed E-state index contributed by atoms with van der Waals surface area (Å²) in [6.45, 7) is 3.90. The van der Waals surface area contributed by atoms with Gasteiger partial charge in [0, 0.05) is 24.8 Å². The fourth-order valence-corrected chi connectivity index (χ4v) is 1.90. The molecule has 1 aromatic heterocycles. The SMILES string of the molecule is CCCCCCOc1ccnc(CNC2CC2)c1. The van der Waals surface area contributed by atoms with E-state index in [2.05, 4.69) is 23.3 Å². The Labute approximate surface area is 110 Å². The second-order valence-electron chi connectivity index (χ2n) is 5.05. The summed E-state index contributed by atoms with van der Waals surface area (Å²) in [7, 11) is 0. The lowest BCUT2D eigenvalue weighted by atomic mass is 10.2. The third kappa shape index (κ3) is 5.05. The first-order valence-electron chi connectivity index (χ1n) is 7.19. The molecule has 2 rings (SSSR count). The first-order chi connectivity index (χ1) is 8.88. The van der Waals surface area contributed by atoms with Crippen LogP contribution in [0.2, 0.25) is 0 Å². The van der Waals surface area contributed by atoms with Crippen molar-refractivity contribution in [3.63, 3.8) is 0 Å². The Bertz CT molecular complexity index is 350. The highest BCUT2D eigenvalue weighted by atomic mass is 16.5. The monoisotopic (exact) mass is 248 g/mol. The molecule has 1 aromatic rings. The van der Waals surface area contributed by atoms with Crippen LogP contribution in [0.15, 0.2) is 18.3 Å². The van der Waals surface area contributed by atoms with Gasteiger partial charge in [-0.3, -0.25) is 4.98 Å². The molecular formula is C15H24N2O. The van der Waals surface area contributed by atoms with E-state index >= 15 is 0 Å². The van der Waals surface area contributed by atoms with Crippen LogP contribution in [0.3, 0.4) is 0 Å². The fraction of sp³-hybridized carbons (Fsp3) is 0.667. The largest absolute Gasteiger partial charge is 0.493 e. The molecule has 100 valence electrons. The van der Waals surface area contributed by atoms with Gasteiger partial charge in [0.25, 0.3) is 0 Å². The number of pyridine rings is 1. The molecular weight excluding hydrogens is 224 g/mol. The Morgan fingerprint density at radius 3 is 3.00 bits per heavy atom. The van der Waals surface area contributed by atoms with E-state index in [0.717, 1.165) is 37.1 Å². The Morgan fingerprint density at radius 2 is 2.22 bits per heavy atom. The first-order valence-corrected chi connectivity index (χ1v) is 7.19. The molecule has 0 radical (unpaired) electrons. The Balaban J connectivity index is 1.68. The molecule has 1 N–H and O–H groups in total. The molecule has 1 fully saturated rings. The third-order valence-corrected chi connectivity index (χ3v) is 3.20. The second kappa shape index (κ2) is 7.37. The molecule has 3 nitrogen and oxygen atoms in total. The molecule has 1 aliphatic rings. The van der Waals surface area contributed by atoms with Crippen molar-refractivity contribution in [2.24, 2.45) is 0 Å². The molecule has 0 aliphatic heterocycles. The molecule has 0 atom stereocenters. The van der Waals surface area contributed by atoms with E-state index in [-0.39, 0.29) is 0 Å². The zero-order valence-corrected chi connectivity index (χ0v) is 11.3. The van der Waals surface area contributed by atoms with E-state index in [4.69, 9.17) is 4.74 Å². The lowest BCUT2D eigenvalue weighted by Gasteiger charge is -2.08. The van der Waals surface area contributed by atoms with Crippen LogP contribution in [0, 0.1) is 0 Å². The molecule has 0 amide bonds. The number of unbranched alkanes of at least 4 members (excludes halogenated alkanes) is 3. The summed E-state index contributed by atoms with van der Waals surface area (Å²) in [5, 5.41) is 3.47. The maximum Gasteiger partial charge on any atom is 0.122 e. The summed E-state index contributed by atoms with van der Waals surface area (Å²) in [6.07, 6.45) is 9.44. The average Bonchev–Trinajstić information content (AvgIpc) is 3.21. The van der Waals surface area contributed by atoms with Crippen LogP contribution < -0.4 is 10.1 Å². The van der Waals surface area contributed by atoms with Gasteiger partial charge in [-0.05, 0) is 25.3 Å². The lowest BCUT2D eigenvalue weighted by molar-refractivity contribution is 0.304. The van der Waals surface area contributed by atoms with Crippen LogP contribution in [-0.2, 0) is 6.54 Å². The van der Waals surface area contributed by atoms with Crippen LogP contribution in [0.5, 0.6) is 5.75 Å². The zero-order chi connectivity index (χ0) is 12.6. The summed E-state index contributed by atoms with van der Waals surface area (Å²) in [4.78, 5) is 4.35. The van der Waals surface area contributed by atoms with Crippen molar-refractivity contribution in [1.29, 1.82) is 0 Å². The van der Waals surface area contributed by atoms with Crippen LogP contribution in [0.4, 0.5) is 0 Å². The predicted octanol–water partition coefficient (Wildman–Crippen LogP) is 3.29. The van der Waals surface area contributed by atoms with E-state index in [9.17, 15) is 0 Å². The number of nitrogens with zero attached hydrogens (tertiary/aromatic N) is 1. The second-order valence-corrected chi connectivity index (χ2v) is 5.05. The van der Waals surface area contributed by atoms with E-state index < -0.39 is 0 Å². The molecule has 1 saturated carbocycles. The molecule has 0 saturated heterocycles. The normalized spacial score (nSPS) is 14.7. The highest BCUT2D eigenvalue weighted by molar-refractivity contribution is 5.22. The van der Waals surface area contributed by atoms with Crippen molar-refractivity contribution in [2.75, 3.05) is 6.61 Å². The summed E-state index contributed by atoms with van der Waals surface area (Å²) >= 11 is 0. The number of ether oxygens (including phenoxy) is 1. The molecule has 3 heteroatoms. The fourth-order valence-electron chi connectivity index (χ4n) is 1.90. The lowest BCUT2D eigenvalue weighted by Crippen LogP contribution is -2.16. The van der Waals surface area contributed by atoms with Gasteiger partial charge in [0.1, 0.15) is 5.75 Å². The van der Waals surface area contributed by atoms with Crippen LogP contribution >= 0.6 is 0 Å². The summed E-state index contributed by atoms with van der Waals surface area (Å²) in [5.41, 5.74) is 1.08. The maximum absolute atomic E-state index is 5.75. The van der Waals surface area contributed by atoms with Gasteiger partial charge in [-0.2, -0.15) is 0 Å². The third-order valence-electron chi connectivity index (χ3n) is 3.20. The van der Waals surface area contributed by atoms with E-state index in [1.54, 1.807) is 0 Å². The molecule has 18 heavy (non-hydrogen) atoms. The smallest absolute Gasteiger partial charge is 0.122 e. The van der Waals surface area contributed by atoms with Crippen LogP contribution in [0.1, 0.15) is 51.1 Å². The number of aromatic nitrogens is 1. The van der Waals surface area contributed by atoms with Gasteiger partial charge in [-0.15, -0.1) is 0 Å². The van der Waals surface area contributed by atoms with Gasteiger partial charge >= 0.3 is 0 Å². The number of hydrogen-bond acceptors (Lipinski definition) is 3. The zero-order valence-electron chi connectivity index (χ0n) is 11.3. The Morgan fingerprint density at radius 1 is 1.33 bits per heavy atom. The highest BCUT2D eigenvalue weighted by Gasteiger charge is 2.20. The highest BCUT2D eigenvalue weighted by Crippen LogP contribution is 2.19. The van der Waals surface area contributed by atoms with Crippen molar-refractivity contribution < 1.29 is 4.74 Å². The minimum atomic E-state index is 0.727. The molecule has 0 spiro atoms. The molecule has 0 aromatic carbocycles. The minimum Gasteiger partial charge on any atom is -0.493 e. The summed E-state index contributed by atoms with van der Waals surface area (Å²) < 4.78 is 5.75. The molecule has 0 unspecified atom stereocenters. The van der Waals surface area contributed by atoms with Gasteiger partial charge in [0.2, 0.25) is 0 Å². The molecule has 0 bridgehead atoms. The standard InChI is InChI=1S/C15H24N2O/c1-2-3-4-5-10-18-15-8-9-16-14(11-15)12-17-13-6-7-13/h8-9,11,13,17H,2-7,10,12H2,1H3. The first kappa shape index (κ1) is 13.3. The van der Waals surface area contributed by atoms with E-state index in [1.165, 1.54) is 32.1 Å². The van der Waals surface area contributed by atoms with Crippen LogP contribution in [-0.4, -0.2) is 17.6 Å². The van der Waals surface area contributed by atoms with Crippen molar-refractivity contribution in [3.8, 4) is 5.75 Å². The van der Waals surface area contributed by atoms with Gasteiger partial charge in [-0.1, -0.05) is 26.2 Å². The topological polar surface area (TPSA) is 34.1 Å². The van der Waals surface area contributed by atoms with Gasteiger partial charge in [-0.25, -0.2) is 0 Å². The number of nitrogens with one attached hydrogen (secondary N) is 1. The maximum atomic E-state index is 5.75. The quantitative estimate of drug-likeness (QED) is 0.681. The van der Waals surface area contributed by atoms with Gasteiger partial charge in [0.05, 0.1) is 12.3 Å². The number of hydrogen-bond donors (Lipinski definition) is 1. The number of rotatable bonds is 9. The summed E-state index contributed by atoms with van der Waals surface area (Å²) in [6, 6.07) is 4.72. The molecule has 1 aliphatic carbocycles. The van der Waals surface area contributed by atoms with E-state index in [0.29, 0.717) is 0 Å². The Kier molecular flexibility index (Phi) is 5.46. The van der Waals surface area contributed by atoms with E-state index in [1.807, 2.05) is 12.3 Å². The minimum absolute atomic E-state index is 0.727. The van der Waals surface area contributed by atoms with Crippen molar-refractivity contribution >= 4 is 0 Å². The van der Waals surface area contributed by atoms with Crippen molar-refractivity contribution in [2.45, 2.75) is 58.0 Å². The average molecular weight is 248 g/mol. The molecule has 1 heterocycles. The van der Waals surface area contributed by atoms with Crippen LogP contribution in [0.25, 0.3) is 0 Å². The summed E-state index contributed by atoms with van der Waals surface area (Å²) in [5.74, 6) is 0.953. The van der Waals surface area contributed by atoms with Crippen molar-refractivity contribution in [3.05, 3.63) is 24.0 Å². The Hall–Kier alpha value is -1.09. The van der Waals surface area contributed by atoms with Crippen molar-refractivity contribution in [1.82, 2.24) is 10.3 Å². The van der Waals surface area contributed by atoms with Gasteiger partial charge in [0.15, 0.2) is 0 Å². The van der Waals surface area contributed by atoms with Gasteiger partial charge < -0.3 is 10.1 Å².